The van der Waals surface area contributed by atoms with E-state index in [1.165, 1.54) is 4.90 Å². The quantitative estimate of drug-likeness (QED) is 0.445. The molecule has 0 bridgehead atoms. The number of nitrogens with zero attached hydrogens (tertiary/aromatic N) is 2. The summed E-state index contributed by atoms with van der Waals surface area (Å²) < 4.78 is 54.4. The molecular formula is C27H37F3N2O5. The highest BCUT2D eigenvalue weighted by Gasteiger charge is 2.45. The Bertz CT molecular complexity index is 940. The highest BCUT2D eigenvalue weighted by Crippen LogP contribution is 2.40. The average molecular weight is 527 g/mol. The largest absolute Gasteiger partial charge is 0.490 e. The molecule has 10 heteroatoms. The molecule has 1 aromatic rings. The van der Waals surface area contributed by atoms with Gasteiger partial charge in [-0.15, -0.1) is 0 Å². The maximum atomic E-state index is 12.8. The molecule has 0 aromatic heterocycles. The lowest BCUT2D eigenvalue weighted by Crippen LogP contribution is -2.53. The molecule has 1 spiro atoms. The van der Waals surface area contributed by atoms with Crippen molar-refractivity contribution in [3.8, 4) is 5.75 Å². The minimum atomic E-state index is -4.56. The number of hydrogen-bond donors (Lipinski definition) is 0. The molecule has 37 heavy (non-hydrogen) atoms. The normalized spacial score (nSPS) is 25.1. The number of benzene rings is 1. The van der Waals surface area contributed by atoms with Crippen molar-refractivity contribution in [1.29, 1.82) is 0 Å². The molecular weight excluding hydrogens is 489 g/mol. The van der Waals surface area contributed by atoms with Crippen LogP contribution in [0.2, 0.25) is 0 Å². The molecule has 0 radical (unpaired) electrons. The van der Waals surface area contributed by atoms with Crippen LogP contribution in [0.4, 0.5) is 18.0 Å². The minimum absolute atomic E-state index is 0.0157. The smallest absolute Gasteiger partial charge is 0.425 e. The minimum Gasteiger partial charge on any atom is -0.490 e. The summed E-state index contributed by atoms with van der Waals surface area (Å²) in [6, 6.07) is 6.31. The van der Waals surface area contributed by atoms with E-state index in [4.69, 9.17) is 9.47 Å². The fourth-order valence-corrected chi connectivity index (χ4v) is 5.97. The highest BCUT2D eigenvalue weighted by atomic mass is 19.4. The van der Waals surface area contributed by atoms with Gasteiger partial charge >= 0.3 is 12.3 Å². The lowest BCUT2D eigenvalue weighted by atomic mass is 9.85. The number of likely N-dealkylation sites (tertiary alicyclic amines) is 2. The molecule has 1 amide bonds. The number of carbonyl (C=O) groups excluding carboxylic acids is 2. The maximum absolute atomic E-state index is 12.8. The van der Waals surface area contributed by atoms with Gasteiger partial charge in [0.15, 0.2) is 6.10 Å². The number of halogens is 3. The first-order chi connectivity index (χ1) is 17.6. The average Bonchev–Trinajstić information content (AvgIpc) is 3.21. The Morgan fingerprint density at radius 3 is 2.41 bits per heavy atom. The molecule has 1 atom stereocenters. The summed E-state index contributed by atoms with van der Waals surface area (Å²) in [6.45, 7) is 5.91. The SMILES string of the molecule is Cc1cc(CN2CCCC23CCN(C(=O)OC(C)C(F)(F)F)CC3)cc(OC2CCC(OC=O)CC2)c1. The van der Waals surface area contributed by atoms with Gasteiger partial charge in [-0.2, -0.15) is 13.2 Å². The first-order valence-corrected chi connectivity index (χ1v) is 13.2. The predicted molar refractivity (Wildman–Crippen MR) is 130 cm³/mol. The van der Waals surface area contributed by atoms with E-state index in [0.29, 0.717) is 32.4 Å². The van der Waals surface area contributed by atoms with E-state index in [0.717, 1.165) is 75.4 Å². The van der Waals surface area contributed by atoms with Gasteiger partial charge in [0.2, 0.25) is 0 Å². The van der Waals surface area contributed by atoms with Crippen molar-refractivity contribution in [2.45, 2.75) is 102 Å². The molecule has 3 fully saturated rings. The topological polar surface area (TPSA) is 68.3 Å². The van der Waals surface area contributed by atoms with Crippen LogP contribution >= 0.6 is 0 Å². The summed E-state index contributed by atoms with van der Waals surface area (Å²) in [6.07, 6.45) is -0.698. The Morgan fingerprint density at radius 2 is 1.76 bits per heavy atom. The van der Waals surface area contributed by atoms with Crippen LogP contribution in [0, 0.1) is 6.92 Å². The molecule has 1 aliphatic carbocycles. The van der Waals surface area contributed by atoms with Gasteiger partial charge in [0.25, 0.3) is 6.47 Å². The van der Waals surface area contributed by atoms with Crippen LogP contribution in [0.25, 0.3) is 0 Å². The molecule has 4 rings (SSSR count). The molecule has 2 heterocycles. The first-order valence-electron chi connectivity index (χ1n) is 13.2. The molecule has 2 aliphatic heterocycles. The van der Waals surface area contributed by atoms with Crippen LogP contribution in [-0.4, -0.2) is 72.0 Å². The number of ether oxygens (including phenoxy) is 3. The van der Waals surface area contributed by atoms with E-state index >= 15 is 0 Å². The summed E-state index contributed by atoms with van der Waals surface area (Å²) in [5.41, 5.74) is 2.22. The third-order valence-corrected chi connectivity index (χ3v) is 8.09. The zero-order chi connectivity index (χ0) is 26.6. The van der Waals surface area contributed by atoms with Crippen molar-refractivity contribution < 1.29 is 37.0 Å². The summed E-state index contributed by atoms with van der Waals surface area (Å²) in [4.78, 5) is 26.7. The number of rotatable bonds is 7. The van der Waals surface area contributed by atoms with Gasteiger partial charge in [0.05, 0.1) is 6.10 Å². The van der Waals surface area contributed by atoms with Crippen LogP contribution in [-0.2, 0) is 20.8 Å². The van der Waals surface area contributed by atoms with Gasteiger partial charge in [-0.25, -0.2) is 4.79 Å². The van der Waals surface area contributed by atoms with Gasteiger partial charge in [-0.05, 0) is 95.0 Å². The van der Waals surface area contributed by atoms with Crippen LogP contribution in [0.3, 0.4) is 0 Å². The van der Waals surface area contributed by atoms with Crippen molar-refractivity contribution in [2.75, 3.05) is 19.6 Å². The number of aryl methyl sites for hydroxylation is 1. The van der Waals surface area contributed by atoms with Crippen LogP contribution in [0.15, 0.2) is 18.2 Å². The van der Waals surface area contributed by atoms with E-state index in [1.807, 2.05) is 6.07 Å². The second-order valence-electron chi connectivity index (χ2n) is 10.7. The zero-order valence-corrected chi connectivity index (χ0v) is 21.6. The van der Waals surface area contributed by atoms with E-state index in [-0.39, 0.29) is 17.7 Å². The molecule has 206 valence electrons. The van der Waals surface area contributed by atoms with Crippen LogP contribution in [0.5, 0.6) is 5.75 Å². The third kappa shape index (κ3) is 6.89. The second kappa shape index (κ2) is 11.5. The summed E-state index contributed by atoms with van der Waals surface area (Å²) in [5, 5.41) is 0. The lowest BCUT2D eigenvalue weighted by Gasteiger charge is -2.45. The number of alkyl halides is 3. The van der Waals surface area contributed by atoms with Crippen molar-refractivity contribution in [3.05, 3.63) is 29.3 Å². The van der Waals surface area contributed by atoms with Gasteiger partial charge < -0.3 is 19.1 Å². The molecule has 0 N–H and O–H groups in total. The van der Waals surface area contributed by atoms with Crippen LogP contribution in [0.1, 0.15) is 69.4 Å². The fraction of sp³-hybridized carbons (Fsp3) is 0.704. The Balaban J connectivity index is 1.34. The zero-order valence-electron chi connectivity index (χ0n) is 21.6. The summed E-state index contributed by atoms with van der Waals surface area (Å²) in [7, 11) is 0. The Morgan fingerprint density at radius 1 is 1.08 bits per heavy atom. The van der Waals surface area contributed by atoms with E-state index < -0.39 is 18.4 Å². The Labute approximate surface area is 216 Å². The molecule has 1 unspecified atom stereocenters. The predicted octanol–water partition coefficient (Wildman–Crippen LogP) is 5.38. The van der Waals surface area contributed by atoms with Gasteiger partial charge in [0, 0.05) is 25.2 Å². The van der Waals surface area contributed by atoms with Crippen molar-refractivity contribution >= 4 is 12.6 Å². The van der Waals surface area contributed by atoms with Crippen molar-refractivity contribution in [3.63, 3.8) is 0 Å². The summed E-state index contributed by atoms with van der Waals surface area (Å²) in [5.74, 6) is 0.847. The van der Waals surface area contributed by atoms with Gasteiger partial charge in [-0.3, -0.25) is 9.69 Å². The molecule has 1 saturated carbocycles. The number of piperidine rings is 1. The Hall–Kier alpha value is -2.49. The highest BCUT2D eigenvalue weighted by molar-refractivity contribution is 5.68. The van der Waals surface area contributed by atoms with E-state index in [9.17, 15) is 22.8 Å². The second-order valence-corrected chi connectivity index (χ2v) is 10.7. The number of hydrogen-bond acceptors (Lipinski definition) is 6. The fourth-order valence-electron chi connectivity index (χ4n) is 5.97. The standard InChI is InChI=1S/C27H37F3N2O5/c1-19-14-21(16-24(15-19)37-23-6-4-22(5-7-23)35-18-33)17-32-11-3-8-26(32)9-12-31(13-10-26)25(34)36-20(2)27(28,29)30/h14-16,18,20,22-23H,3-13,17H2,1-2H3. The molecule has 7 nitrogen and oxygen atoms in total. The van der Waals surface area contributed by atoms with Crippen molar-refractivity contribution in [1.82, 2.24) is 9.80 Å². The van der Waals surface area contributed by atoms with E-state index in [1.54, 1.807) is 0 Å². The van der Waals surface area contributed by atoms with Gasteiger partial charge in [0.1, 0.15) is 11.9 Å². The Kier molecular flexibility index (Phi) is 8.56. The number of amides is 1. The van der Waals surface area contributed by atoms with E-state index in [2.05, 4.69) is 28.7 Å². The maximum Gasteiger partial charge on any atom is 0.425 e. The third-order valence-electron chi connectivity index (χ3n) is 8.09. The molecule has 2 saturated heterocycles. The molecule has 1 aromatic carbocycles. The number of carbonyl (C=O) groups is 2. The monoisotopic (exact) mass is 526 g/mol. The van der Waals surface area contributed by atoms with Crippen LogP contribution < -0.4 is 4.74 Å². The molecule has 3 aliphatic rings. The lowest BCUT2D eigenvalue weighted by molar-refractivity contribution is -0.200. The van der Waals surface area contributed by atoms with Crippen molar-refractivity contribution in [2.24, 2.45) is 0 Å². The summed E-state index contributed by atoms with van der Waals surface area (Å²) >= 11 is 0. The van der Waals surface area contributed by atoms with Gasteiger partial charge in [-0.1, -0.05) is 6.07 Å². The first kappa shape index (κ1) is 27.5.